The van der Waals surface area contributed by atoms with Crippen LogP contribution in [-0.2, 0) is 13.0 Å². The van der Waals surface area contributed by atoms with Gasteiger partial charge >= 0.3 is 0 Å². The molecule has 3 heteroatoms. The molecule has 2 rings (SSSR count). The Balaban J connectivity index is 2.21. The van der Waals surface area contributed by atoms with Gasteiger partial charge in [0.1, 0.15) is 0 Å². The minimum atomic E-state index is 0.503. The summed E-state index contributed by atoms with van der Waals surface area (Å²) >= 11 is 0. The quantitative estimate of drug-likeness (QED) is 0.813. The molecule has 0 amide bonds. The van der Waals surface area contributed by atoms with Crippen LogP contribution >= 0.6 is 0 Å². The molecule has 0 saturated heterocycles. The van der Waals surface area contributed by atoms with E-state index in [1.807, 2.05) is 0 Å². The first kappa shape index (κ1) is 15.6. The molecule has 0 spiro atoms. The molecule has 114 valence electrons. The van der Waals surface area contributed by atoms with Gasteiger partial charge in [0, 0.05) is 6.54 Å². The largest absolute Gasteiger partial charge is 0.308 e. The van der Waals surface area contributed by atoms with Crippen LogP contribution in [0.1, 0.15) is 76.7 Å². The number of hydrogen-bond acceptors (Lipinski definition) is 2. The van der Waals surface area contributed by atoms with Crippen LogP contribution in [-0.4, -0.2) is 16.3 Å². The van der Waals surface area contributed by atoms with E-state index in [1.165, 1.54) is 49.9 Å². The van der Waals surface area contributed by atoms with Gasteiger partial charge in [-0.3, -0.25) is 4.68 Å². The lowest BCUT2D eigenvalue weighted by atomic mass is 9.82. The molecule has 0 bridgehead atoms. The van der Waals surface area contributed by atoms with Crippen molar-refractivity contribution in [3.63, 3.8) is 0 Å². The van der Waals surface area contributed by atoms with Crippen LogP contribution in [0.25, 0.3) is 0 Å². The molecular weight excluding hydrogens is 246 g/mol. The van der Waals surface area contributed by atoms with Gasteiger partial charge in [-0.1, -0.05) is 33.1 Å². The highest BCUT2D eigenvalue weighted by Gasteiger charge is 2.27. The van der Waals surface area contributed by atoms with Crippen LogP contribution in [0.2, 0.25) is 0 Å². The zero-order valence-corrected chi connectivity index (χ0v) is 13.5. The van der Waals surface area contributed by atoms with Crippen molar-refractivity contribution in [2.45, 2.75) is 78.3 Å². The zero-order chi connectivity index (χ0) is 14.4. The molecule has 1 aliphatic rings. The van der Waals surface area contributed by atoms with E-state index in [0.717, 1.165) is 25.4 Å². The summed E-state index contributed by atoms with van der Waals surface area (Å²) in [6, 6.07) is 2.84. The van der Waals surface area contributed by atoms with Gasteiger partial charge in [0.2, 0.25) is 0 Å². The zero-order valence-electron chi connectivity index (χ0n) is 13.5. The molecule has 3 nitrogen and oxygen atoms in total. The molecule has 20 heavy (non-hydrogen) atoms. The molecule has 0 aliphatic heterocycles. The second-order valence-corrected chi connectivity index (χ2v) is 6.06. The summed E-state index contributed by atoms with van der Waals surface area (Å²) in [7, 11) is 0. The third kappa shape index (κ3) is 3.63. The molecular formula is C17H31N3. The molecule has 1 aliphatic carbocycles. The summed E-state index contributed by atoms with van der Waals surface area (Å²) in [4.78, 5) is 0. The summed E-state index contributed by atoms with van der Waals surface area (Å²) in [5.41, 5.74) is 2.66. The van der Waals surface area contributed by atoms with Crippen LogP contribution in [0.3, 0.4) is 0 Å². The number of rotatable bonds is 7. The van der Waals surface area contributed by atoms with Gasteiger partial charge in [-0.15, -0.1) is 0 Å². The van der Waals surface area contributed by atoms with Crippen molar-refractivity contribution in [3.05, 3.63) is 17.5 Å². The van der Waals surface area contributed by atoms with Gasteiger partial charge in [-0.05, 0) is 51.1 Å². The van der Waals surface area contributed by atoms with Gasteiger partial charge in [-0.2, -0.15) is 5.10 Å². The minimum Gasteiger partial charge on any atom is -0.308 e. The average Bonchev–Trinajstić information content (AvgIpc) is 2.92. The predicted octanol–water partition coefficient (Wildman–Crippen LogP) is 4.09. The molecule has 1 saturated carbocycles. The molecule has 1 N–H and O–H groups in total. The molecule has 1 heterocycles. The lowest BCUT2D eigenvalue weighted by molar-refractivity contribution is 0.261. The maximum absolute atomic E-state index is 4.75. The molecule has 1 unspecified atom stereocenters. The highest BCUT2D eigenvalue weighted by Crippen LogP contribution is 2.34. The van der Waals surface area contributed by atoms with Gasteiger partial charge in [-0.25, -0.2) is 0 Å². The van der Waals surface area contributed by atoms with Crippen LogP contribution < -0.4 is 5.32 Å². The highest BCUT2D eigenvalue weighted by molar-refractivity contribution is 5.16. The first-order valence-corrected chi connectivity index (χ1v) is 8.60. The van der Waals surface area contributed by atoms with Crippen LogP contribution in [0.15, 0.2) is 6.07 Å². The molecule has 1 aromatic rings. The summed E-state index contributed by atoms with van der Waals surface area (Å²) in [6.07, 6.45) is 9.20. The van der Waals surface area contributed by atoms with Crippen molar-refractivity contribution in [1.82, 2.24) is 15.1 Å². The fraction of sp³-hybridized carbons (Fsp3) is 0.824. The smallest absolute Gasteiger partial charge is 0.0625 e. The van der Waals surface area contributed by atoms with Gasteiger partial charge in [0.25, 0.3) is 0 Å². The molecule has 0 radical (unpaired) electrons. The fourth-order valence-electron chi connectivity index (χ4n) is 3.44. The van der Waals surface area contributed by atoms with Gasteiger partial charge in [0.15, 0.2) is 0 Å². The summed E-state index contributed by atoms with van der Waals surface area (Å²) in [6.45, 7) is 8.73. The second kappa shape index (κ2) is 7.82. The Bertz CT molecular complexity index is 391. The number of nitrogens with zero attached hydrogens (tertiary/aromatic N) is 2. The van der Waals surface area contributed by atoms with Gasteiger partial charge < -0.3 is 5.32 Å². The predicted molar refractivity (Wildman–Crippen MR) is 84.9 cm³/mol. The SMILES string of the molecule is CCCNC(c1cc(CC)nn1CC)C1CCCCC1. The highest BCUT2D eigenvalue weighted by atomic mass is 15.3. The molecule has 1 atom stereocenters. The van der Waals surface area contributed by atoms with E-state index >= 15 is 0 Å². The van der Waals surface area contributed by atoms with E-state index in [4.69, 9.17) is 5.10 Å². The van der Waals surface area contributed by atoms with E-state index in [-0.39, 0.29) is 0 Å². The summed E-state index contributed by atoms with van der Waals surface area (Å²) < 4.78 is 2.22. The van der Waals surface area contributed by atoms with Crippen molar-refractivity contribution in [2.24, 2.45) is 5.92 Å². The molecule has 0 aromatic carbocycles. The van der Waals surface area contributed by atoms with Crippen molar-refractivity contribution in [3.8, 4) is 0 Å². The molecule has 1 fully saturated rings. The monoisotopic (exact) mass is 277 g/mol. The number of hydrogen-bond donors (Lipinski definition) is 1. The van der Waals surface area contributed by atoms with E-state index < -0.39 is 0 Å². The minimum absolute atomic E-state index is 0.503. The second-order valence-electron chi connectivity index (χ2n) is 6.06. The van der Waals surface area contributed by atoms with E-state index in [0.29, 0.717) is 6.04 Å². The first-order valence-electron chi connectivity index (χ1n) is 8.60. The topological polar surface area (TPSA) is 29.9 Å². The van der Waals surface area contributed by atoms with Crippen LogP contribution in [0, 0.1) is 5.92 Å². The average molecular weight is 277 g/mol. The third-order valence-corrected chi connectivity index (χ3v) is 4.58. The number of nitrogens with one attached hydrogen (secondary N) is 1. The van der Waals surface area contributed by atoms with Crippen LogP contribution in [0.5, 0.6) is 0 Å². The number of aromatic nitrogens is 2. The van der Waals surface area contributed by atoms with Crippen molar-refractivity contribution in [1.29, 1.82) is 0 Å². The van der Waals surface area contributed by atoms with E-state index in [2.05, 4.69) is 36.8 Å². The maximum Gasteiger partial charge on any atom is 0.0625 e. The Morgan fingerprint density at radius 2 is 2.00 bits per heavy atom. The van der Waals surface area contributed by atoms with Crippen LogP contribution in [0.4, 0.5) is 0 Å². The molecule has 1 aromatic heterocycles. The standard InChI is InChI=1S/C17H31N3/c1-4-12-18-17(14-10-8-7-9-11-14)16-13-15(5-2)19-20(16)6-3/h13-14,17-18H,4-12H2,1-3H3. The summed E-state index contributed by atoms with van der Waals surface area (Å²) in [5, 5.41) is 8.55. The maximum atomic E-state index is 4.75. The number of aryl methyl sites for hydroxylation is 2. The van der Waals surface area contributed by atoms with Crippen molar-refractivity contribution < 1.29 is 0 Å². The summed E-state index contributed by atoms with van der Waals surface area (Å²) in [5.74, 6) is 0.794. The van der Waals surface area contributed by atoms with E-state index in [1.54, 1.807) is 0 Å². The Hall–Kier alpha value is -0.830. The fourth-order valence-corrected chi connectivity index (χ4v) is 3.44. The lowest BCUT2D eigenvalue weighted by Gasteiger charge is -2.31. The normalized spacial score (nSPS) is 18.4. The van der Waals surface area contributed by atoms with Crippen molar-refractivity contribution >= 4 is 0 Å². The Labute approximate surface area is 124 Å². The Morgan fingerprint density at radius 1 is 1.25 bits per heavy atom. The van der Waals surface area contributed by atoms with Crippen molar-refractivity contribution in [2.75, 3.05) is 6.54 Å². The Kier molecular flexibility index (Phi) is 6.08. The third-order valence-electron chi connectivity index (χ3n) is 4.58. The lowest BCUT2D eigenvalue weighted by Crippen LogP contribution is -2.32. The van der Waals surface area contributed by atoms with Gasteiger partial charge in [0.05, 0.1) is 17.4 Å². The first-order chi connectivity index (χ1) is 9.80. The van der Waals surface area contributed by atoms with E-state index in [9.17, 15) is 0 Å². The Morgan fingerprint density at radius 3 is 2.60 bits per heavy atom.